The second kappa shape index (κ2) is 7.32. The van der Waals surface area contributed by atoms with Crippen molar-refractivity contribution in [2.24, 2.45) is 5.41 Å². The molecular formula is C17H23ClN2O2. The SMILES string of the molecule is C#CCC(O)Cc1cnc(Cl)cc1N1CCC(C)(CO)CC1. The number of nitrogens with zero attached hydrogens (tertiary/aromatic N) is 2. The summed E-state index contributed by atoms with van der Waals surface area (Å²) in [6.45, 7) is 4.04. The number of aromatic nitrogens is 1. The second-order valence-electron chi connectivity index (χ2n) is 6.36. The largest absolute Gasteiger partial charge is 0.396 e. The van der Waals surface area contributed by atoms with Gasteiger partial charge in [-0.1, -0.05) is 18.5 Å². The Labute approximate surface area is 137 Å². The van der Waals surface area contributed by atoms with Crippen molar-refractivity contribution in [3.05, 3.63) is 23.0 Å². The van der Waals surface area contributed by atoms with Crippen molar-refractivity contribution >= 4 is 17.3 Å². The van der Waals surface area contributed by atoms with Crippen LogP contribution >= 0.6 is 11.6 Å². The zero-order valence-electron chi connectivity index (χ0n) is 12.9. The number of rotatable bonds is 5. The third-order valence-corrected chi connectivity index (χ3v) is 4.64. The van der Waals surface area contributed by atoms with Crippen LogP contribution in [0.3, 0.4) is 0 Å². The number of terminal acetylenes is 1. The molecule has 1 saturated heterocycles. The molecule has 0 bridgehead atoms. The van der Waals surface area contributed by atoms with Gasteiger partial charge in [-0.25, -0.2) is 4.98 Å². The van der Waals surface area contributed by atoms with Crippen LogP contribution in [0.4, 0.5) is 5.69 Å². The van der Waals surface area contributed by atoms with Gasteiger partial charge in [-0.05, 0) is 29.9 Å². The quantitative estimate of drug-likeness (QED) is 0.645. The Bertz CT molecular complexity index is 548. The molecule has 1 atom stereocenters. The first-order valence-corrected chi connectivity index (χ1v) is 7.97. The van der Waals surface area contributed by atoms with E-state index < -0.39 is 6.10 Å². The summed E-state index contributed by atoms with van der Waals surface area (Å²) in [5.41, 5.74) is 1.96. The summed E-state index contributed by atoms with van der Waals surface area (Å²) in [4.78, 5) is 6.38. The van der Waals surface area contributed by atoms with Gasteiger partial charge >= 0.3 is 0 Å². The lowest BCUT2D eigenvalue weighted by molar-refractivity contribution is 0.115. The van der Waals surface area contributed by atoms with Crippen molar-refractivity contribution in [2.75, 3.05) is 24.6 Å². The van der Waals surface area contributed by atoms with Crippen LogP contribution in [0.5, 0.6) is 0 Å². The number of hydrogen-bond acceptors (Lipinski definition) is 4. The van der Waals surface area contributed by atoms with Crippen molar-refractivity contribution in [3.63, 3.8) is 0 Å². The summed E-state index contributed by atoms with van der Waals surface area (Å²) < 4.78 is 0. The van der Waals surface area contributed by atoms with Crippen LogP contribution in [-0.4, -0.2) is 41.0 Å². The third-order valence-electron chi connectivity index (χ3n) is 4.43. The third kappa shape index (κ3) is 4.13. The summed E-state index contributed by atoms with van der Waals surface area (Å²) in [5.74, 6) is 2.48. The highest BCUT2D eigenvalue weighted by atomic mass is 35.5. The van der Waals surface area contributed by atoms with Gasteiger partial charge in [0, 0.05) is 44.4 Å². The fourth-order valence-corrected chi connectivity index (χ4v) is 2.96. The van der Waals surface area contributed by atoms with Crippen molar-refractivity contribution in [3.8, 4) is 12.3 Å². The van der Waals surface area contributed by atoms with Crippen molar-refractivity contribution < 1.29 is 10.2 Å². The van der Waals surface area contributed by atoms with E-state index >= 15 is 0 Å². The molecule has 0 amide bonds. The smallest absolute Gasteiger partial charge is 0.131 e. The Morgan fingerprint density at radius 1 is 1.50 bits per heavy atom. The summed E-state index contributed by atoms with van der Waals surface area (Å²) in [5, 5.41) is 19.9. The van der Waals surface area contributed by atoms with E-state index in [-0.39, 0.29) is 12.0 Å². The molecule has 1 aromatic heterocycles. The second-order valence-corrected chi connectivity index (χ2v) is 6.75. The first-order chi connectivity index (χ1) is 10.5. The maximum Gasteiger partial charge on any atom is 0.131 e. The molecule has 1 aromatic rings. The Balaban J connectivity index is 2.16. The molecule has 1 fully saturated rings. The predicted molar refractivity (Wildman–Crippen MR) is 89.0 cm³/mol. The number of pyridine rings is 1. The average molecular weight is 323 g/mol. The molecule has 0 aromatic carbocycles. The van der Waals surface area contributed by atoms with Gasteiger partial charge < -0.3 is 15.1 Å². The number of anilines is 1. The summed E-state index contributed by atoms with van der Waals surface area (Å²) in [6.07, 6.45) is 9.05. The Morgan fingerprint density at radius 2 is 2.18 bits per heavy atom. The van der Waals surface area contributed by atoms with Crippen LogP contribution in [0.2, 0.25) is 5.15 Å². The molecule has 22 heavy (non-hydrogen) atoms. The molecule has 0 radical (unpaired) electrons. The van der Waals surface area contributed by atoms with Crippen LogP contribution in [0, 0.1) is 17.8 Å². The van der Waals surface area contributed by atoms with Crippen LogP contribution < -0.4 is 4.90 Å². The van der Waals surface area contributed by atoms with Gasteiger partial charge in [0.1, 0.15) is 5.15 Å². The minimum atomic E-state index is -0.570. The minimum Gasteiger partial charge on any atom is -0.396 e. The molecule has 0 spiro atoms. The summed E-state index contributed by atoms with van der Waals surface area (Å²) >= 11 is 6.04. The predicted octanol–water partition coefficient (Wildman–Crippen LogP) is 2.26. The van der Waals surface area contributed by atoms with E-state index in [1.165, 1.54) is 0 Å². The highest BCUT2D eigenvalue weighted by Crippen LogP contribution is 2.34. The molecule has 120 valence electrons. The number of hydrogen-bond donors (Lipinski definition) is 2. The van der Waals surface area contributed by atoms with E-state index in [1.54, 1.807) is 6.20 Å². The van der Waals surface area contributed by atoms with Crippen molar-refractivity contribution in [1.29, 1.82) is 0 Å². The number of piperidine rings is 1. The minimum absolute atomic E-state index is 0.00350. The standard InChI is InChI=1S/C17H23ClN2O2/c1-3-4-14(22)9-13-11-19-16(18)10-15(13)20-7-5-17(2,12-21)6-8-20/h1,10-11,14,21-22H,4-9,12H2,2H3. The molecular weight excluding hydrogens is 300 g/mol. The molecule has 1 aliphatic heterocycles. The molecule has 2 heterocycles. The molecule has 2 N–H and O–H groups in total. The maximum absolute atomic E-state index is 9.96. The van der Waals surface area contributed by atoms with Gasteiger partial charge in [0.2, 0.25) is 0 Å². The van der Waals surface area contributed by atoms with Crippen molar-refractivity contribution in [1.82, 2.24) is 4.98 Å². The highest BCUT2D eigenvalue weighted by molar-refractivity contribution is 6.29. The lowest BCUT2D eigenvalue weighted by atomic mass is 9.81. The molecule has 4 nitrogen and oxygen atoms in total. The lowest BCUT2D eigenvalue weighted by Crippen LogP contribution is -2.41. The van der Waals surface area contributed by atoms with E-state index in [1.807, 2.05) is 6.07 Å². The first-order valence-electron chi connectivity index (χ1n) is 7.59. The monoisotopic (exact) mass is 322 g/mol. The zero-order valence-corrected chi connectivity index (χ0v) is 13.7. The molecule has 5 heteroatoms. The van der Waals surface area contributed by atoms with Gasteiger partial charge in [-0.15, -0.1) is 12.3 Å². The normalized spacial score (nSPS) is 18.8. The van der Waals surface area contributed by atoms with E-state index in [0.717, 1.165) is 37.2 Å². The summed E-state index contributed by atoms with van der Waals surface area (Å²) in [6, 6.07) is 1.85. The number of aliphatic hydroxyl groups excluding tert-OH is 2. The van der Waals surface area contributed by atoms with Gasteiger partial charge in [-0.2, -0.15) is 0 Å². The number of halogens is 1. The fourth-order valence-electron chi connectivity index (χ4n) is 2.81. The van der Waals surface area contributed by atoms with Gasteiger partial charge in [0.05, 0.1) is 6.10 Å². The van der Waals surface area contributed by atoms with Gasteiger partial charge in [-0.3, -0.25) is 0 Å². The van der Waals surface area contributed by atoms with E-state index in [2.05, 4.69) is 22.7 Å². The highest BCUT2D eigenvalue weighted by Gasteiger charge is 2.30. The lowest BCUT2D eigenvalue weighted by Gasteiger charge is -2.40. The Hall–Kier alpha value is -1.28. The van der Waals surface area contributed by atoms with Crippen LogP contribution in [0.25, 0.3) is 0 Å². The van der Waals surface area contributed by atoms with Gasteiger partial charge in [0.25, 0.3) is 0 Å². The van der Waals surface area contributed by atoms with E-state index in [4.69, 9.17) is 18.0 Å². The van der Waals surface area contributed by atoms with Crippen LogP contribution in [0.1, 0.15) is 31.7 Å². The Morgan fingerprint density at radius 3 is 2.77 bits per heavy atom. The van der Waals surface area contributed by atoms with Gasteiger partial charge in [0.15, 0.2) is 0 Å². The first kappa shape index (κ1) is 17.1. The molecule has 0 aliphatic carbocycles. The molecule has 0 saturated carbocycles. The van der Waals surface area contributed by atoms with Crippen LogP contribution in [-0.2, 0) is 6.42 Å². The number of aliphatic hydroxyl groups is 2. The molecule has 1 aliphatic rings. The fraction of sp³-hybridized carbons (Fsp3) is 0.588. The van der Waals surface area contributed by atoms with Crippen molar-refractivity contribution in [2.45, 2.75) is 38.7 Å². The maximum atomic E-state index is 9.96. The molecule has 1 unspecified atom stereocenters. The summed E-state index contributed by atoms with van der Waals surface area (Å²) in [7, 11) is 0. The zero-order chi connectivity index (χ0) is 16.2. The Kier molecular flexibility index (Phi) is 5.69. The van der Waals surface area contributed by atoms with E-state index in [9.17, 15) is 10.2 Å². The topological polar surface area (TPSA) is 56.6 Å². The average Bonchev–Trinajstić information content (AvgIpc) is 2.50. The van der Waals surface area contributed by atoms with E-state index in [0.29, 0.717) is 18.0 Å². The van der Waals surface area contributed by atoms with Crippen LogP contribution in [0.15, 0.2) is 12.3 Å². The molecule has 2 rings (SSSR count).